The van der Waals surface area contributed by atoms with E-state index in [4.69, 9.17) is 4.42 Å². The monoisotopic (exact) mass is 738 g/mol. The van der Waals surface area contributed by atoms with Gasteiger partial charge in [0.05, 0.1) is 44.7 Å². The molecule has 10 rings (SSSR count). The van der Waals surface area contributed by atoms with Crippen molar-refractivity contribution >= 4 is 78.0 Å². The Bertz CT molecular complexity index is 2980. The van der Waals surface area contributed by atoms with Gasteiger partial charge in [0.1, 0.15) is 11.2 Å². The Kier molecular flexibility index (Phi) is 7.71. The minimum absolute atomic E-state index is 0.00617. The molecule has 0 bridgehead atoms. The second-order valence-corrected chi connectivity index (χ2v) is 14.2. The van der Waals surface area contributed by atoms with Gasteiger partial charge < -0.3 is 13.6 Å². The van der Waals surface area contributed by atoms with E-state index < -0.39 is 11.7 Å². The van der Waals surface area contributed by atoms with Crippen molar-refractivity contribution < 1.29 is 17.6 Å². The number of benzene rings is 7. The highest BCUT2D eigenvalue weighted by atomic mass is 19.4. The normalized spacial score (nSPS) is 13.2. The van der Waals surface area contributed by atoms with E-state index in [1.165, 1.54) is 6.07 Å². The number of hydrogen-bond donors (Lipinski definition) is 0. The molecule has 8 heteroatoms. The zero-order chi connectivity index (χ0) is 38.1. The molecule has 10 aromatic rings. The quantitative estimate of drug-likeness (QED) is 0.119. The molecule has 0 N–H and O–H groups in total. The maximum atomic E-state index is 14.5. The molecule has 56 heavy (non-hydrogen) atoms. The van der Waals surface area contributed by atoms with Crippen LogP contribution in [-0.4, -0.2) is 21.6 Å². The average molecular weight is 739 g/mol. The molecule has 0 radical (unpaired) electrons. The maximum absolute atomic E-state index is 14.5. The SMILES string of the molecule is C=N/N=C(\CC(C)c1c(-n2c3ccccc3c3ccccc32)cccc1-n1c2ccccc2c2ccccc21)c1ccc(C(F)(F)F)c2c1oc1ccccc12. The fraction of sp³-hybridized carbons (Fsp3) is 0.0833. The first-order valence-corrected chi connectivity index (χ1v) is 18.5. The van der Waals surface area contributed by atoms with Gasteiger partial charge in [0.2, 0.25) is 0 Å². The molecule has 1 unspecified atom stereocenters. The van der Waals surface area contributed by atoms with Gasteiger partial charge in [0, 0.05) is 50.2 Å². The summed E-state index contributed by atoms with van der Waals surface area (Å²) in [5.74, 6) is -0.247. The Hall–Kier alpha value is -6.93. The Labute approximate surface area is 319 Å². The van der Waals surface area contributed by atoms with Gasteiger partial charge in [-0.05, 0) is 66.9 Å². The van der Waals surface area contributed by atoms with Gasteiger partial charge in [-0.1, -0.05) is 104 Å². The number of furan rings is 1. The van der Waals surface area contributed by atoms with Gasteiger partial charge in [-0.25, -0.2) is 0 Å². The molecular weight excluding hydrogens is 706 g/mol. The smallest absolute Gasteiger partial charge is 0.417 e. The average Bonchev–Trinajstić information content (AvgIpc) is 3.88. The molecule has 0 aliphatic heterocycles. The molecule has 0 fully saturated rings. The Morgan fingerprint density at radius 3 is 1.55 bits per heavy atom. The highest BCUT2D eigenvalue weighted by molar-refractivity contribution is 6.17. The van der Waals surface area contributed by atoms with E-state index in [0.717, 1.165) is 66.6 Å². The molecule has 1 atom stereocenters. The molecule has 0 amide bonds. The highest BCUT2D eigenvalue weighted by Gasteiger charge is 2.36. The summed E-state index contributed by atoms with van der Waals surface area (Å²) in [6.45, 7) is 5.82. The zero-order valence-corrected chi connectivity index (χ0v) is 30.3. The number of halogens is 3. The largest absolute Gasteiger partial charge is 0.455 e. The lowest BCUT2D eigenvalue weighted by Gasteiger charge is -2.24. The Morgan fingerprint density at radius 2 is 1.07 bits per heavy atom. The molecule has 272 valence electrons. The van der Waals surface area contributed by atoms with Crippen molar-refractivity contribution in [3.63, 3.8) is 0 Å². The number of fused-ring (bicyclic) bond motifs is 9. The summed E-state index contributed by atoms with van der Waals surface area (Å²) in [4.78, 5) is 0. The lowest BCUT2D eigenvalue weighted by atomic mass is 9.88. The molecule has 3 aromatic heterocycles. The van der Waals surface area contributed by atoms with E-state index in [9.17, 15) is 13.2 Å². The summed E-state index contributed by atoms with van der Waals surface area (Å²) in [6, 6.07) is 49.4. The molecule has 5 nitrogen and oxygen atoms in total. The Balaban J connectivity index is 1.24. The van der Waals surface area contributed by atoms with Crippen molar-refractivity contribution in [3.8, 4) is 11.4 Å². The molecule has 0 aliphatic rings. The number of rotatable bonds is 7. The van der Waals surface area contributed by atoms with Crippen molar-refractivity contribution in [2.24, 2.45) is 10.2 Å². The lowest BCUT2D eigenvalue weighted by molar-refractivity contribution is -0.136. The fourth-order valence-corrected chi connectivity index (χ4v) is 8.77. The van der Waals surface area contributed by atoms with Crippen molar-refractivity contribution in [3.05, 3.63) is 168 Å². The maximum Gasteiger partial charge on any atom is 0.417 e. The predicted molar refractivity (Wildman–Crippen MR) is 223 cm³/mol. The van der Waals surface area contributed by atoms with Crippen LogP contribution in [0.2, 0.25) is 0 Å². The minimum Gasteiger partial charge on any atom is -0.455 e. The van der Waals surface area contributed by atoms with Gasteiger partial charge >= 0.3 is 6.18 Å². The van der Waals surface area contributed by atoms with E-state index in [-0.39, 0.29) is 16.9 Å². The summed E-state index contributed by atoms with van der Waals surface area (Å²) in [5, 5.41) is 13.4. The Morgan fingerprint density at radius 1 is 0.607 bits per heavy atom. The van der Waals surface area contributed by atoms with Crippen molar-refractivity contribution in [2.45, 2.75) is 25.4 Å². The van der Waals surface area contributed by atoms with Crippen molar-refractivity contribution in [2.75, 3.05) is 0 Å². The van der Waals surface area contributed by atoms with Crippen LogP contribution >= 0.6 is 0 Å². The van der Waals surface area contributed by atoms with E-state index in [0.29, 0.717) is 28.7 Å². The second-order valence-electron chi connectivity index (χ2n) is 14.2. The summed E-state index contributed by atoms with van der Waals surface area (Å²) < 4.78 is 54.5. The third kappa shape index (κ3) is 5.09. The third-order valence-corrected chi connectivity index (χ3v) is 11.0. The first kappa shape index (κ1) is 33.6. The fourth-order valence-electron chi connectivity index (χ4n) is 8.77. The van der Waals surface area contributed by atoms with Gasteiger partial charge in [0.25, 0.3) is 0 Å². The van der Waals surface area contributed by atoms with Crippen LogP contribution in [0.25, 0.3) is 76.9 Å². The van der Waals surface area contributed by atoms with Crippen LogP contribution in [0.4, 0.5) is 13.2 Å². The molecule has 0 saturated heterocycles. The van der Waals surface area contributed by atoms with Gasteiger partial charge in [0.15, 0.2) is 0 Å². The molecule has 0 aliphatic carbocycles. The van der Waals surface area contributed by atoms with E-state index in [1.54, 1.807) is 24.3 Å². The van der Waals surface area contributed by atoms with Crippen LogP contribution in [-0.2, 0) is 6.18 Å². The van der Waals surface area contributed by atoms with E-state index >= 15 is 0 Å². The highest BCUT2D eigenvalue weighted by Crippen LogP contribution is 2.44. The van der Waals surface area contributed by atoms with Crippen LogP contribution in [0, 0.1) is 0 Å². The first-order valence-electron chi connectivity index (χ1n) is 18.5. The number of hydrogen-bond acceptors (Lipinski definition) is 3. The summed E-state index contributed by atoms with van der Waals surface area (Å²) in [7, 11) is 0. The number of nitrogens with zero attached hydrogens (tertiary/aromatic N) is 4. The van der Waals surface area contributed by atoms with E-state index in [1.807, 2.05) is 0 Å². The molecular formula is C48H33F3N4O. The van der Waals surface area contributed by atoms with Gasteiger partial charge in [-0.15, -0.1) is 0 Å². The van der Waals surface area contributed by atoms with E-state index in [2.05, 4.69) is 148 Å². The molecule has 3 heterocycles. The first-order chi connectivity index (χ1) is 27.3. The van der Waals surface area contributed by atoms with Crippen LogP contribution in [0.3, 0.4) is 0 Å². The zero-order valence-electron chi connectivity index (χ0n) is 30.3. The molecule has 7 aromatic carbocycles. The van der Waals surface area contributed by atoms with Crippen LogP contribution < -0.4 is 0 Å². The van der Waals surface area contributed by atoms with Crippen LogP contribution in [0.1, 0.15) is 36.0 Å². The van der Waals surface area contributed by atoms with Gasteiger partial charge in [-0.3, -0.25) is 0 Å². The van der Waals surface area contributed by atoms with Crippen LogP contribution in [0.5, 0.6) is 0 Å². The standard InChI is InChI=1S/C48H33F3N4O/c1-29(28-37(53-52-2)34-26-27-36(48(49,50)51)46-35-18-7-12-25-44(35)56-47(34)46)45-42(54-38-19-8-3-14-30(38)31-15-4-9-20-39(31)54)23-13-24-43(45)55-40-21-10-5-16-32(40)33-17-6-11-22-41(33)55/h3-27,29H,2,28H2,1H3/b53-37+. The minimum atomic E-state index is -4.59. The second kappa shape index (κ2) is 12.8. The predicted octanol–water partition coefficient (Wildman–Crippen LogP) is 13.4. The number of alkyl halides is 3. The molecule has 0 spiro atoms. The number of aromatic nitrogens is 2. The van der Waals surface area contributed by atoms with Crippen molar-refractivity contribution in [1.82, 2.24) is 9.13 Å². The van der Waals surface area contributed by atoms with Crippen LogP contribution in [0.15, 0.2) is 166 Å². The van der Waals surface area contributed by atoms with Crippen molar-refractivity contribution in [1.29, 1.82) is 0 Å². The summed E-state index contributed by atoms with van der Waals surface area (Å²) in [6.07, 6.45) is -4.28. The van der Waals surface area contributed by atoms with Gasteiger partial charge in [-0.2, -0.15) is 23.4 Å². The number of para-hydroxylation sites is 5. The topological polar surface area (TPSA) is 47.7 Å². The summed E-state index contributed by atoms with van der Waals surface area (Å²) in [5.41, 5.74) is 7.91. The molecule has 0 saturated carbocycles. The summed E-state index contributed by atoms with van der Waals surface area (Å²) >= 11 is 0. The lowest BCUT2D eigenvalue weighted by Crippen LogP contribution is -2.14. The third-order valence-electron chi connectivity index (χ3n) is 11.0.